The molecule has 0 spiro atoms. The van der Waals surface area contributed by atoms with Crippen molar-refractivity contribution >= 4 is 11.9 Å². The van der Waals surface area contributed by atoms with Crippen molar-refractivity contribution in [2.45, 2.75) is 37.3 Å². The van der Waals surface area contributed by atoms with Gasteiger partial charge in [-0.15, -0.1) is 0 Å². The van der Waals surface area contributed by atoms with E-state index in [4.69, 9.17) is 4.74 Å². The summed E-state index contributed by atoms with van der Waals surface area (Å²) >= 11 is 0. The smallest absolute Gasteiger partial charge is 0.316 e. The van der Waals surface area contributed by atoms with E-state index >= 15 is 0 Å². The Morgan fingerprint density at radius 1 is 1.20 bits per heavy atom. The van der Waals surface area contributed by atoms with Crippen molar-refractivity contribution in [2.75, 3.05) is 13.7 Å². The zero-order valence-electron chi connectivity index (χ0n) is 16.7. The van der Waals surface area contributed by atoms with E-state index in [1.165, 1.54) is 7.11 Å². The Kier molecular flexibility index (Phi) is 5.09. The lowest BCUT2D eigenvalue weighted by Crippen LogP contribution is -2.50. The number of nitrogens with one attached hydrogen (secondary N) is 3. The third-order valence-corrected chi connectivity index (χ3v) is 5.80. The summed E-state index contributed by atoms with van der Waals surface area (Å²) < 4.78 is 34.0. The van der Waals surface area contributed by atoms with Crippen LogP contribution in [0.3, 0.4) is 0 Å². The summed E-state index contributed by atoms with van der Waals surface area (Å²) in [6.07, 6.45) is 1.57. The van der Waals surface area contributed by atoms with E-state index in [1.807, 2.05) is 31.2 Å². The average Bonchev–Trinajstić information content (AvgIpc) is 3.40. The molecule has 0 aromatic heterocycles. The van der Waals surface area contributed by atoms with Crippen molar-refractivity contribution in [3.63, 3.8) is 0 Å². The van der Waals surface area contributed by atoms with Crippen LogP contribution in [0.2, 0.25) is 0 Å². The van der Waals surface area contributed by atoms with Crippen LogP contribution in [0, 0.1) is 18.6 Å². The van der Waals surface area contributed by atoms with Gasteiger partial charge in [0.05, 0.1) is 12.6 Å². The van der Waals surface area contributed by atoms with Gasteiger partial charge in [0, 0.05) is 30.2 Å². The quantitative estimate of drug-likeness (QED) is 0.703. The fraction of sp³-hybridized carbons (Fsp3) is 0.364. The summed E-state index contributed by atoms with van der Waals surface area (Å²) in [4.78, 5) is 25.0. The van der Waals surface area contributed by atoms with E-state index in [1.54, 1.807) is 0 Å². The Balaban J connectivity index is 1.52. The van der Waals surface area contributed by atoms with Crippen LogP contribution in [0.15, 0.2) is 36.4 Å². The molecule has 6 nitrogen and oxygen atoms in total. The average molecular weight is 415 g/mol. The normalized spacial score (nSPS) is 21.7. The Labute approximate surface area is 173 Å². The van der Waals surface area contributed by atoms with Crippen LogP contribution in [-0.4, -0.2) is 31.6 Å². The SMILES string of the molecule is COc1cc(F)c([C@@H]2CNC(=O)[C@H]2NC(=O)NC2(c3cccc(C)c3)CC2)c(F)c1. The summed E-state index contributed by atoms with van der Waals surface area (Å²) in [5.74, 6) is -2.95. The van der Waals surface area contributed by atoms with Gasteiger partial charge in [-0.25, -0.2) is 13.6 Å². The van der Waals surface area contributed by atoms with E-state index in [9.17, 15) is 18.4 Å². The van der Waals surface area contributed by atoms with Gasteiger partial charge < -0.3 is 20.7 Å². The highest BCUT2D eigenvalue weighted by molar-refractivity contribution is 5.90. The molecule has 0 unspecified atom stereocenters. The Morgan fingerprint density at radius 3 is 2.50 bits per heavy atom. The molecule has 0 radical (unpaired) electrons. The molecule has 30 heavy (non-hydrogen) atoms. The molecule has 1 aliphatic carbocycles. The molecule has 8 heteroatoms. The lowest BCUT2D eigenvalue weighted by Gasteiger charge is -2.23. The monoisotopic (exact) mass is 415 g/mol. The van der Waals surface area contributed by atoms with E-state index < -0.39 is 41.1 Å². The van der Waals surface area contributed by atoms with Crippen LogP contribution in [0.4, 0.5) is 13.6 Å². The number of carbonyl (C=O) groups is 2. The second-order valence-corrected chi connectivity index (χ2v) is 7.88. The van der Waals surface area contributed by atoms with Gasteiger partial charge in [0.25, 0.3) is 0 Å². The first-order valence-electron chi connectivity index (χ1n) is 9.79. The number of methoxy groups -OCH3 is 1. The summed E-state index contributed by atoms with van der Waals surface area (Å²) in [6.45, 7) is 2.00. The van der Waals surface area contributed by atoms with Gasteiger partial charge in [-0.2, -0.15) is 0 Å². The lowest BCUT2D eigenvalue weighted by molar-refractivity contribution is -0.120. The van der Waals surface area contributed by atoms with Gasteiger partial charge in [0.15, 0.2) is 0 Å². The number of hydrogen-bond donors (Lipinski definition) is 3. The number of hydrogen-bond acceptors (Lipinski definition) is 3. The van der Waals surface area contributed by atoms with Gasteiger partial charge in [0.2, 0.25) is 5.91 Å². The Hall–Kier alpha value is -3.16. The maximum Gasteiger partial charge on any atom is 0.316 e. The van der Waals surface area contributed by atoms with Gasteiger partial charge in [-0.3, -0.25) is 4.79 Å². The number of ether oxygens (including phenoxy) is 1. The van der Waals surface area contributed by atoms with Gasteiger partial charge >= 0.3 is 6.03 Å². The molecule has 158 valence electrons. The summed E-state index contributed by atoms with van der Waals surface area (Å²) in [6, 6.07) is 8.37. The number of urea groups is 1. The van der Waals surface area contributed by atoms with E-state index in [0.29, 0.717) is 0 Å². The molecule has 3 amide bonds. The van der Waals surface area contributed by atoms with Crippen LogP contribution in [-0.2, 0) is 10.3 Å². The maximum atomic E-state index is 14.5. The number of carbonyl (C=O) groups excluding carboxylic acids is 2. The third-order valence-electron chi connectivity index (χ3n) is 5.80. The molecule has 1 heterocycles. The minimum atomic E-state index is -1.09. The number of rotatable bonds is 5. The fourth-order valence-corrected chi connectivity index (χ4v) is 4.04. The molecule has 0 bridgehead atoms. The highest BCUT2D eigenvalue weighted by atomic mass is 19.1. The number of halogens is 2. The molecule has 1 saturated carbocycles. The third kappa shape index (κ3) is 3.69. The minimum absolute atomic E-state index is 0.0208. The number of benzene rings is 2. The molecule has 1 aliphatic heterocycles. The summed E-state index contributed by atoms with van der Waals surface area (Å²) in [5.41, 5.74) is 1.36. The number of aryl methyl sites for hydroxylation is 1. The van der Waals surface area contributed by atoms with Gasteiger partial charge in [0.1, 0.15) is 23.4 Å². The second-order valence-electron chi connectivity index (χ2n) is 7.88. The summed E-state index contributed by atoms with van der Waals surface area (Å²) in [7, 11) is 1.31. The van der Waals surface area contributed by atoms with E-state index in [2.05, 4.69) is 16.0 Å². The van der Waals surface area contributed by atoms with Crippen molar-refractivity contribution in [1.29, 1.82) is 0 Å². The fourth-order valence-electron chi connectivity index (χ4n) is 4.04. The molecule has 2 aliphatic rings. The van der Waals surface area contributed by atoms with Crippen LogP contribution < -0.4 is 20.7 Å². The lowest BCUT2D eigenvalue weighted by atomic mass is 9.92. The molecule has 2 fully saturated rings. The highest BCUT2D eigenvalue weighted by Gasteiger charge is 2.47. The van der Waals surface area contributed by atoms with Crippen molar-refractivity contribution in [3.05, 3.63) is 64.7 Å². The molecule has 4 rings (SSSR count). The van der Waals surface area contributed by atoms with Crippen molar-refractivity contribution in [3.8, 4) is 5.75 Å². The van der Waals surface area contributed by atoms with Crippen LogP contribution in [0.1, 0.15) is 35.4 Å². The largest absolute Gasteiger partial charge is 0.497 e. The van der Waals surface area contributed by atoms with Crippen molar-refractivity contribution in [1.82, 2.24) is 16.0 Å². The Morgan fingerprint density at radius 2 is 1.90 bits per heavy atom. The predicted molar refractivity (Wildman–Crippen MR) is 106 cm³/mol. The van der Waals surface area contributed by atoms with E-state index in [0.717, 1.165) is 36.1 Å². The summed E-state index contributed by atoms with van der Waals surface area (Å²) in [5, 5.41) is 8.13. The zero-order valence-corrected chi connectivity index (χ0v) is 16.7. The molecule has 2 aromatic rings. The predicted octanol–water partition coefficient (Wildman–Crippen LogP) is 2.85. The van der Waals surface area contributed by atoms with Crippen LogP contribution >= 0.6 is 0 Å². The zero-order chi connectivity index (χ0) is 21.5. The molecular formula is C22H23F2N3O3. The minimum Gasteiger partial charge on any atom is -0.497 e. The first-order chi connectivity index (χ1) is 14.3. The first kappa shape index (κ1) is 20.1. The topological polar surface area (TPSA) is 79.5 Å². The second kappa shape index (κ2) is 7.59. The first-order valence-corrected chi connectivity index (χ1v) is 9.79. The highest BCUT2D eigenvalue weighted by Crippen LogP contribution is 2.45. The van der Waals surface area contributed by atoms with Crippen LogP contribution in [0.25, 0.3) is 0 Å². The van der Waals surface area contributed by atoms with Gasteiger partial charge in [-0.1, -0.05) is 29.8 Å². The van der Waals surface area contributed by atoms with Crippen LogP contribution in [0.5, 0.6) is 5.75 Å². The van der Waals surface area contributed by atoms with Gasteiger partial charge in [-0.05, 0) is 25.3 Å². The number of amides is 3. The Bertz CT molecular complexity index is 984. The maximum absolute atomic E-state index is 14.5. The molecular weight excluding hydrogens is 392 g/mol. The van der Waals surface area contributed by atoms with Crippen molar-refractivity contribution in [2.24, 2.45) is 0 Å². The molecule has 2 aromatic carbocycles. The standard InChI is InChI=1S/C22H23F2N3O3/c1-12-4-3-5-13(8-12)22(6-7-22)27-21(29)26-19-15(11-25-20(19)28)18-16(23)9-14(30-2)10-17(18)24/h3-5,8-10,15,19H,6-7,11H2,1-2H3,(H,25,28)(H2,26,27,29)/t15-,19-/m0/s1. The molecule has 2 atom stereocenters. The molecule has 3 N–H and O–H groups in total. The van der Waals surface area contributed by atoms with E-state index in [-0.39, 0.29) is 17.9 Å². The van der Waals surface area contributed by atoms with Crippen molar-refractivity contribution < 1.29 is 23.1 Å². The molecule has 1 saturated heterocycles.